The average molecular weight is 346 g/mol. The van der Waals surface area contributed by atoms with E-state index in [1.807, 2.05) is 0 Å². The van der Waals surface area contributed by atoms with E-state index in [9.17, 15) is 8.78 Å². The van der Waals surface area contributed by atoms with Crippen LogP contribution < -0.4 is 10.5 Å². The van der Waals surface area contributed by atoms with Gasteiger partial charge in [-0.1, -0.05) is 28.1 Å². The summed E-state index contributed by atoms with van der Waals surface area (Å²) in [5.74, 6) is -2.52. The molecule has 0 amide bonds. The van der Waals surface area contributed by atoms with Crippen LogP contribution in [0.4, 0.5) is 8.78 Å². The van der Waals surface area contributed by atoms with E-state index in [4.69, 9.17) is 22.7 Å². The first-order valence-electron chi connectivity index (χ1n) is 4.92. The number of nitrogens with two attached hydrogens (primary N) is 1. The minimum atomic E-state index is -1.13. The Balaban J connectivity index is 2.36. The van der Waals surface area contributed by atoms with Gasteiger partial charge in [-0.3, -0.25) is 0 Å². The van der Waals surface area contributed by atoms with Gasteiger partial charge in [-0.15, -0.1) is 0 Å². The molecule has 0 aliphatic carbocycles. The summed E-state index contributed by atoms with van der Waals surface area (Å²) in [5.41, 5.74) is 5.67. The number of benzene rings is 1. The SMILES string of the molecule is NC(=S)c1ccnc(Oc2cc(Br)cc(F)c2F)n1. The van der Waals surface area contributed by atoms with Crippen LogP contribution in [0, 0.1) is 11.6 Å². The van der Waals surface area contributed by atoms with E-state index >= 15 is 0 Å². The molecular weight excluding hydrogens is 340 g/mol. The van der Waals surface area contributed by atoms with Gasteiger partial charge in [-0.05, 0) is 18.2 Å². The molecule has 0 saturated heterocycles. The van der Waals surface area contributed by atoms with Crippen LogP contribution in [-0.2, 0) is 0 Å². The molecule has 0 atom stereocenters. The maximum absolute atomic E-state index is 13.5. The Morgan fingerprint density at radius 2 is 2.11 bits per heavy atom. The molecular formula is C11H6BrF2N3OS. The molecule has 1 aromatic carbocycles. The molecule has 8 heteroatoms. The van der Waals surface area contributed by atoms with Gasteiger partial charge in [0.1, 0.15) is 10.7 Å². The highest BCUT2D eigenvalue weighted by molar-refractivity contribution is 9.10. The van der Waals surface area contributed by atoms with E-state index in [0.29, 0.717) is 4.47 Å². The summed E-state index contributed by atoms with van der Waals surface area (Å²) >= 11 is 7.77. The van der Waals surface area contributed by atoms with Gasteiger partial charge < -0.3 is 10.5 Å². The highest BCUT2D eigenvalue weighted by Gasteiger charge is 2.13. The van der Waals surface area contributed by atoms with Crippen LogP contribution in [0.5, 0.6) is 11.8 Å². The first kappa shape index (κ1) is 13.8. The predicted molar refractivity (Wildman–Crippen MR) is 72.1 cm³/mol. The number of hydrogen-bond acceptors (Lipinski definition) is 4. The molecule has 2 N–H and O–H groups in total. The van der Waals surface area contributed by atoms with Crippen molar-refractivity contribution in [2.75, 3.05) is 0 Å². The lowest BCUT2D eigenvalue weighted by Gasteiger charge is -2.07. The lowest BCUT2D eigenvalue weighted by Crippen LogP contribution is -2.12. The lowest BCUT2D eigenvalue weighted by molar-refractivity contribution is 0.392. The fourth-order valence-corrected chi connectivity index (χ4v) is 1.75. The molecule has 2 aromatic rings. The Kier molecular flexibility index (Phi) is 4.01. The molecule has 0 bridgehead atoms. The molecule has 0 spiro atoms. The minimum Gasteiger partial charge on any atom is -0.421 e. The number of ether oxygens (including phenoxy) is 1. The second kappa shape index (κ2) is 5.54. The van der Waals surface area contributed by atoms with Gasteiger partial charge in [0.2, 0.25) is 5.82 Å². The van der Waals surface area contributed by atoms with Crippen LogP contribution >= 0.6 is 28.1 Å². The van der Waals surface area contributed by atoms with Gasteiger partial charge >= 0.3 is 6.01 Å². The number of aromatic nitrogens is 2. The molecule has 1 heterocycles. The molecule has 1 aromatic heterocycles. The van der Waals surface area contributed by atoms with Crippen molar-refractivity contribution < 1.29 is 13.5 Å². The fraction of sp³-hybridized carbons (Fsp3) is 0. The molecule has 2 rings (SSSR count). The van der Waals surface area contributed by atoms with Crippen molar-refractivity contribution in [2.24, 2.45) is 5.73 Å². The zero-order valence-electron chi connectivity index (χ0n) is 9.23. The normalized spacial score (nSPS) is 10.3. The van der Waals surface area contributed by atoms with Crippen LogP contribution in [0.15, 0.2) is 28.9 Å². The molecule has 0 aliphatic rings. The van der Waals surface area contributed by atoms with Crippen LogP contribution in [-0.4, -0.2) is 15.0 Å². The fourth-order valence-electron chi connectivity index (χ4n) is 1.23. The molecule has 0 aliphatic heterocycles. The quantitative estimate of drug-likeness (QED) is 0.684. The molecule has 0 unspecified atom stereocenters. The predicted octanol–water partition coefficient (Wildman–Crippen LogP) is 2.94. The van der Waals surface area contributed by atoms with Crippen LogP contribution in [0.3, 0.4) is 0 Å². The number of halogens is 3. The highest BCUT2D eigenvalue weighted by Crippen LogP contribution is 2.28. The Morgan fingerprint density at radius 3 is 2.79 bits per heavy atom. The Hall–Kier alpha value is -1.67. The van der Waals surface area contributed by atoms with Gasteiger partial charge in [0.05, 0.1) is 0 Å². The standard InChI is InChI=1S/C11H6BrF2N3OS/c12-5-3-6(13)9(14)8(4-5)18-11-16-2-1-7(17-11)10(15)19/h1-4H,(H2,15,19). The second-order valence-corrected chi connectivity index (χ2v) is 4.75. The van der Waals surface area contributed by atoms with Crippen LogP contribution in [0.1, 0.15) is 5.69 Å². The van der Waals surface area contributed by atoms with Crippen molar-refractivity contribution >= 4 is 33.1 Å². The lowest BCUT2D eigenvalue weighted by atomic mass is 10.3. The summed E-state index contributed by atoms with van der Waals surface area (Å²) < 4.78 is 32.1. The van der Waals surface area contributed by atoms with Crippen LogP contribution in [0.25, 0.3) is 0 Å². The summed E-state index contributed by atoms with van der Waals surface area (Å²) in [6, 6.07) is 3.54. The van der Waals surface area contributed by atoms with Gasteiger partial charge in [0.25, 0.3) is 0 Å². The van der Waals surface area contributed by atoms with Crippen molar-refractivity contribution in [1.82, 2.24) is 9.97 Å². The third kappa shape index (κ3) is 3.21. The first-order valence-corrected chi connectivity index (χ1v) is 6.12. The van der Waals surface area contributed by atoms with Gasteiger partial charge in [-0.25, -0.2) is 9.37 Å². The smallest absolute Gasteiger partial charge is 0.322 e. The summed E-state index contributed by atoms with van der Waals surface area (Å²) in [6.07, 6.45) is 1.35. The second-order valence-electron chi connectivity index (χ2n) is 3.39. The van der Waals surface area contributed by atoms with E-state index in [1.54, 1.807) is 0 Å². The number of rotatable bonds is 3. The topological polar surface area (TPSA) is 61.0 Å². The van der Waals surface area contributed by atoms with Gasteiger partial charge in [0.15, 0.2) is 11.6 Å². The highest BCUT2D eigenvalue weighted by atomic mass is 79.9. The molecule has 0 fully saturated rings. The van der Waals surface area contributed by atoms with E-state index < -0.39 is 11.6 Å². The third-order valence-corrected chi connectivity index (χ3v) is 2.71. The Labute approximate surface area is 120 Å². The number of thiocarbonyl (C=S) groups is 1. The van der Waals surface area contributed by atoms with Crippen molar-refractivity contribution in [1.29, 1.82) is 0 Å². The van der Waals surface area contributed by atoms with Crippen LogP contribution in [0.2, 0.25) is 0 Å². The van der Waals surface area contributed by atoms with Crippen molar-refractivity contribution in [2.45, 2.75) is 0 Å². The zero-order chi connectivity index (χ0) is 14.0. The molecule has 19 heavy (non-hydrogen) atoms. The molecule has 0 saturated carbocycles. The molecule has 0 radical (unpaired) electrons. The van der Waals surface area contributed by atoms with Gasteiger partial charge in [0, 0.05) is 10.7 Å². The minimum absolute atomic E-state index is 0.0492. The molecule has 98 valence electrons. The summed E-state index contributed by atoms with van der Waals surface area (Å²) in [5, 5.41) is 0. The monoisotopic (exact) mass is 345 g/mol. The average Bonchev–Trinajstić information content (AvgIpc) is 2.35. The Bertz CT molecular complexity index is 654. The van der Waals surface area contributed by atoms with E-state index in [-0.39, 0.29) is 22.4 Å². The third-order valence-electron chi connectivity index (χ3n) is 2.05. The first-order chi connectivity index (χ1) is 8.97. The van der Waals surface area contributed by atoms with Gasteiger partial charge in [-0.2, -0.15) is 9.37 Å². The summed E-state index contributed by atoms with van der Waals surface area (Å²) in [6.45, 7) is 0. The summed E-state index contributed by atoms with van der Waals surface area (Å²) in [4.78, 5) is 7.68. The maximum atomic E-state index is 13.5. The number of nitrogens with zero attached hydrogens (tertiary/aromatic N) is 2. The molecule has 4 nitrogen and oxygen atoms in total. The van der Waals surface area contributed by atoms with E-state index in [0.717, 1.165) is 6.07 Å². The van der Waals surface area contributed by atoms with E-state index in [2.05, 4.69) is 25.9 Å². The number of hydrogen-bond donors (Lipinski definition) is 1. The maximum Gasteiger partial charge on any atom is 0.322 e. The van der Waals surface area contributed by atoms with E-state index in [1.165, 1.54) is 18.3 Å². The summed E-state index contributed by atoms with van der Waals surface area (Å²) in [7, 11) is 0. The van der Waals surface area contributed by atoms with Crippen molar-refractivity contribution in [3.8, 4) is 11.8 Å². The largest absolute Gasteiger partial charge is 0.421 e. The Morgan fingerprint density at radius 1 is 1.37 bits per heavy atom. The zero-order valence-corrected chi connectivity index (χ0v) is 11.6. The van der Waals surface area contributed by atoms with Crippen molar-refractivity contribution in [3.05, 3.63) is 46.2 Å². The van der Waals surface area contributed by atoms with Crippen molar-refractivity contribution in [3.63, 3.8) is 0 Å².